The lowest BCUT2D eigenvalue weighted by Gasteiger charge is -2.37. The molecule has 1 unspecified atom stereocenters. The Labute approximate surface area is 415 Å². The number of unbranched alkanes of at least 4 members (excludes halogenated alkanes) is 7. The average molecular weight is 984 g/mol. The number of carbonyl (C=O) groups excluding carboxylic acids is 6. The molecule has 2 aromatic heterocycles. The largest absolute Gasteiger partial charge is 0.462 e. The zero-order valence-electron chi connectivity index (χ0n) is 41.2. The maximum atomic E-state index is 13.5. The fourth-order valence-corrected chi connectivity index (χ4v) is 8.29. The lowest BCUT2D eigenvalue weighted by Crippen LogP contribution is -2.58. The molecule has 2 heterocycles. The molecule has 0 saturated carbocycles. The number of amides is 1. The molecule has 18 nitrogen and oxygen atoms in total. The van der Waals surface area contributed by atoms with Gasteiger partial charge in [0.25, 0.3) is 0 Å². The Morgan fingerprint density at radius 2 is 1.14 bits per heavy atom. The lowest BCUT2D eigenvalue weighted by atomic mass is 9.77. The van der Waals surface area contributed by atoms with Crippen LogP contribution in [-0.4, -0.2) is 106 Å². The van der Waals surface area contributed by atoms with Gasteiger partial charge < -0.3 is 44.5 Å². The fourth-order valence-electron chi connectivity index (χ4n) is 8.29. The summed E-state index contributed by atoms with van der Waals surface area (Å²) in [7, 11) is 0. The molecule has 2 aromatic carbocycles. The van der Waals surface area contributed by atoms with Crippen molar-refractivity contribution < 1.29 is 62.7 Å². The smallest absolute Gasteiger partial charge is 0.303 e. The van der Waals surface area contributed by atoms with Gasteiger partial charge in [0, 0.05) is 83.2 Å². The van der Waals surface area contributed by atoms with E-state index in [1.54, 1.807) is 12.4 Å². The highest BCUT2D eigenvalue weighted by Gasteiger charge is 2.46. The zero-order valence-corrected chi connectivity index (χ0v) is 41.2. The number of anilines is 2. The number of aliphatic hydroxyl groups is 2. The number of rotatable bonds is 31. The van der Waals surface area contributed by atoms with E-state index in [2.05, 4.69) is 20.9 Å². The summed E-state index contributed by atoms with van der Waals surface area (Å²) >= 11 is 0. The molecule has 0 bridgehead atoms. The molecule has 0 fully saturated rings. The second-order valence-corrected chi connectivity index (χ2v) is 17.1. The molecule has 0 spiro atoms. The number of pyridine rings is 2. The minimum absolute atomic E-state index is 0.107. The van der Waals surface area contributed by atoms with Crippen LogP contribution in [0.1, 0.15) is 127 Å². The Morgan fingerprint density at radius 1 is 0.577 bits per heavy atom. The minimum atomic E-state index is -1.70. The number of hydrogen-bond donors (Lipinski definition) is 5. The number of nitrogens with one attached hydrogen (secondary N) is 3. The lowest BCUT2D eigenvalue weighted by molar-refractivity contribution is -0.211. The van der Waals surface area contributed by atoms with Gasteiger partial charge in [-0.15, -0.1) is 0 Å². The monoisotopic (exact) mass is 983 g/mol. The van der Waals surface area contributed by atoms with Gasteiger partial charge in [-0.2, -0.15) is 0 Å². The first-order valence-electron chi connectivity index (χ1n) is 24.1. The second-order valence-electron chi connectivity index (χ2n) is 17.1. The SMILES string of the molecule is CC(=O)OC[C@@H](OC(C)=O)[C@@H](OC(C)=O)[C@H](OC(C)=O)[C@@H](OC(C)=O)C(O)NCCCCCCCCCCC(=O)Nc1ccccc1[C@@H](CNc1ccccn1)[C@H](c1ccccn1)[C@H](O)c1ccccc1. The Balaban J connectivity index is 1.29. The minimum Gasteiger partial charge on any atom is -0.462 e. The van der Waals surface area contributed by atoms with Crippen LogP contribution in [0.5, 0.6) is 0 Å². The number of esters is 5. The maximum absolute atomic E-state index is 13.5. The second kappa shape index (κ2) is 30.8. The first-order chi connectivity index (χ1) is 34.1. The van der Waals surface area contributed by atoms with E-state index in [0.717, 1.165) is 84.3 Å². The zero-order chi connectivity index (χ0) is 51.5. The average Bonchev–Trinajstić information content (AvgIpc) is 3.34. The summed E-state index contributed by atoms with van der Waals surface area (Å²) in [6, 6.07) is 28.5. The molecule has 71 heavy (non-hydrogen) atoms. The maximum Gasteiger partial charge on any atom is 0.303 e. The van der Waals surface area contributed by atoms with Crippen molar-refractivity contribution in [2.75, 3.05) is 30.3 Å². The van der Waals surface area contributed by atoms with Crippen LogP contribution in [0.15, 0.2) is 103 Å². The van der Waals surface area contributed by atoms with E-state index in [1.165, 1.54) is 0 Å². The van der Waals surface area contributed by atoms with E-state index in [1.807, 2.05) is 91.0 Å². The number of aliphatic hydroxyl groups excluding tert-OH is 2. The van der Waals surface area contributed by atoms with Crippen molar-refractivity contribution >= 4 is 47.3 Å². The normalized spacial score (nSPS) is 14.5. The Kier molecular flexibility index (Phi) is 24.6. The van der Waals surface area contributed by atoms with E-state index in [-0.39, 0.29) is 18.4 Å². The molecule has 0 aliphatic rings. The number of carbonyl (C=O) groups is 6. The summed E-state index contributed by atoms with van der Waals surface area (Å²) in [5.74, 6) is -4.48. The van der Waals surface area contributed by atoms with Crippen molar-refractivity contribution in [1.82, 2.24) is 15.3 Å². The molecule has 0 aliphatic carbocycles. The number of aromatic nitrogens is 2. The van der Waals surface area contributed by atoms with Crippen molar-refractivity contribution in [3.05, 3.63) is 120 Å². The summed E-state index contributed by atoms with van der Waals surface area (Å²) in [4.78, 5) is 83.0. The molecule has 384 valence electrons. The third kappa shape index (κ3) is 20.2. The Hall–Kier alpha value is -6.76. The van der Waals surface area contributed by atoms with Gasteiger partial charge in [0.1, 0.15) is 18.7 Å². The molecule has 18 heteroatoms. The highest BCUT2D eigenvalue weighted by atomic mass is 16.6. The molecule has 5 N–H and O–H groups in total. The van der Waals surface area contributed by atoms with Crippen LogP contribution >= 0.6 is 0 Å². The van der Waals surface area contributed by atoms with Gasteiger partial charge in [0.2, 0.25) is 5.91 Å². The van der Waals surface area contributed by atoms with E-state index in [9.17, 15) is 39.0 Å². The molecular weight excluding hydrogens is 915 g/mol. The van der Waals surface area contributed by atoms with Crippen LogP contribution in [0.4, 0.5) is 11.5 Å². The van der Waals surface area contributed by atoms with Crippen molar-refractivity contribution in [3.63, 3.8) is 0 Å². The van der Waals surface area contributed by atoms with E-state index < -0.39 is 79.1 Å². The van der Waals surface area contributed by atoms with Gasteiger partial charge >= 0.3 is 29.8 Å². The van der Waals surface area contributed by atoms with Crippen LogP contribution in [0.2, 0.25) is 0 Å². The van der Waals surface area contributed by atoms with Gasteiger partial charge in [-0.1, -0.05) is 99.2 Å². The van der Waals surface area contributed by atoms with Gasteiger partial charge in [0.15, 0.2) is 24.4 Å². The van der Waals surface area contributed by atoms with Gasteiger partial charge in [-0.05, 0) is 60.8 Å². The molecule has 8 atom stereocenters. The topological polar surface area (TPSA) is 251 Å². The predicted octanol–water partition coefficient (Wildman–Crippen LogP) is 6.84. The standard InChI is InChI=1S/C53H69N5O13/c1-35(59)67-34-45(68-36(2)60)50(69-37(3)61)51(70-38(4)62)52(71-39(5)63)53(66)56-32-20-11-9-7-6-8-10-15-29-47(64)58-43-26-17-16-25-41(43)42(33-57-46-28-19-22-31-55-46)48(44-27-18-21-30-54-44)49(65)40-23-13-12-14-24-40/h12-14,16-19,21-28,30-31,42,45,48-53,56,65-66H,6-11,15,20,29,32-34H2,1-5H3,(H,55,57)(H,58,64)/t42-,45-,48-,49-,50-,51+,52-,53?/m1/s1. The molecule has 0 aliphatic heterocycles. The summed E-state index contributed by atoms with van der Waals surface area (Å²) in [5.41, 5.74) is 2.98. The number of nitrogens with zero attached hydrogens (tertiary/aromatic N) is 2. The Morgan fingerprint density at radius 3 is 1.75 bits per heavy atom. The molecule has 0 radical (unpaired) electrons. The van der Waals surface area contributed by atoms with Crippen molar-refractivity contribution in [1.29, 1.82) is 0 Å². The highest BCUT2D eigenvalue weighted by Crippen LogP contribution is 2.44. The molecule has 4 rings (SSSR count). The summed E-state index contributed by atoms with van der Waals surface area (Å²) in [6.07, 6.45) is 1.41. The third-order valence-electron chi connectivity index (χ3n) is 11.4. The number of para-hydroxylation sites is 1. The van der Waals surface area contributed by atoms with Crippen molar-refractivity contribution in [2.24, 2.45) is 0 Å². The van der Waals surface area contributed by atoms with Crippen molar-refractivity contribution in [3.8, 4) is 0 Å². The van der Waals surface area contributed by atoms with E-state index in [0.29, 0.717) is 43.0 Å². The van der Waals surface area contributed by atoms with Crippen molar-refractivity contribution in [2.45, 2.75) is 141 Å². The summed E-state index contributed by atoms with van der Waals surface area (Å²) in [5, 5.41) is 32.8. The predicted molar refractivity (Wildman–Crippen MR) is 263 cm³/mol. The summed E-state index contributed by atoms with van der Waals surface area (Å²) in [6.45, 7) is 5.41. The third-order valence-corrected chi connectivity index (χ3v) is 11.4. The molecule has 4 aromatic rings. The number of hydrogen-bond acceptors (Lipinski definition) is 17. The van der Waals surface area contributed by atoms with E-state index >= 15 is 0 Å². The van der Waals surface area contributed by atoms with Gasteiger partial charge in [-0.25, -0.2) is 4.98 Å². The van der Waals surface area contributed by atoms with Gasteiger partial charge in [-0.3, -0.25) is 39.1 Å². The van der Waals surface area contributed by atoms with Crippen LogP contribution in [-0.2, 0) is 52.5 Å². The van der Waals surface area contributed by atoms with Crippen LogP contribution in [0.3, 0.4) is 0 Å². The first kappa shape index (κ1) is 56.8. The molecule has 1 amide bonds. The first-order valence-corrected chi connectivity index (χ1v) is 24.1. The molecular formula is C53H69N5O13. The molecule has 0 saturated heterocycles. The number of ether oxygens (including phenoxy) is 5. The quantitative estimate of drug-likeness (QED) is 0.0150. The van der Waals surface area contributed by atoms with E-state index in [4.69, 9.17) is 28.7 Å². The van der Waals surface area contributed by atoms with Crippen LogP contribution < -0.4 is 16.0 Å². The summed E-state index contributed by atoms with van der Waals surface area (Å²) < 4.78 is 26.5. The highest BCUT2D eigenvalue weighted by molar-refractivity contribution is 5.91. The Bertz CT molecular complexity index is 2260. The fraction of sp³-hybridized carbons (Fsp3) is 0.472. The number of benzene rings is 2. The van der Waals surface area contributed by atoms with Gasteiger partial charge in [0.05, 0.1) is 6.10 Å². The van der Waals surface area contributed by atoms with Crippen LogP contribution in [0, 0.1) is 0 Å². The van der Waals surface area contributed by atoms with Crippen LogP contribution in [0.25, 0.3) is 0 Å².